The van der Waals surface area contributed by atoms with E-state index < -0.39 is 5.60 Å². The molecule has 7 atom stereocenters. The lowest BCUT2D eigenvalue weighted by Gasteiger charge is -2.35. The summed E-state index contributed by atoms with van der Waals surface area (Å²) >= 11 is 0. The van der Waals surface area contributed by atoms with E-state index in [0.717, 1.165) is 54.7 Å². The van der Waals surface area contributed by atoms with Gasteiger partial charge in [0.2, 0.25) is 0 Å². The van der Waals surface area contributed by atoms with Crippen LogP contribution in [-0.2, 0) is 5.60 Å². The maximum absolute atomic E-state index is 10.9. The van der Waals surface area contributed by atoms with Crippen LogP contribution in [0.3, 0.4) is 0 Å². The quantitative estimate of drug-likeness (QED) is 0.0782. The van der Waals surface area contributed by atoms with E-state index in [1.807, 2.05) is 83.4 Å². The number of aliphatic hydroxyl groups is 1. The molecule has 0 amide bonds. The molecule has 4 rings (SSSR count). The fraction of sp³-hybridized carbons (Fsp3) is 0.581. The monoisotopic (exact) mass is 985 g/mol. The second kappa shape index (κ2) is 36.5. The fourth-order valence-corrected chi connectivity index (χ4v) is 9.70. The average Bonchev–Trinajstić information content (AvgIpc) is 3.35. The number of ether oxygens (including phenoxy) is 4. The van der Waals surface area contributed by atoms with Gasteiger partial charge in [0.15, 0.2) is 0 Å². The maximum atomic E-state index is 10.9. The van der Waals surface area contributed by atoms with E-state index in [-0.39, 0.29) is 5.92 Å². The molecule has 402 valence electrons. The van der Waals surface area contributed by atoms with Crippen molar-refractivity contribution in [3.8, 4) is 23.0 Å². The van der Waals surface area contributed by atoms with E-state index in [0.29, 0.717) is 36.0 Å². The molecule has 1 N–H and O–H groups in total. The Kier molecular flexibility index (Phi) is 34.3. The Morgan fingerprint density at radius 2 is 0.887 bits per heavy atom. The molecule has 0 saturated heterocycles. The Morgan fingerprint density at radius 3 is 1.24 bits per heavy atom. The van der Waals surface area contributed by atoms with E-state index in [4.69, 9.17) is 18.9 Å². The second-order valence-corrected chi connectivity index (χ2v) is 19.9. The largest absolute Gasteiger partial charge is 0.497 e. The Balaban J connectivity index is 0.000000909. The summed E-state index contributed by atoms with van der Waals surface area (Å²) in [6.07, 6.45) is 5.22. The number of methoxy groups -OCH3 is 4. The highest BCUT2D eigenvalue weighted by Gasteiger charge is 2.34. The van der Waals surface area contributed by atoms with Gasteiger partial charge in [0.05, 0.1) is 34.0 Å². The lowest BCUT2D eigenvalue weighted by molar-refractivity contribution is -0.0293. The number of rotatable bonds is 23. The Labute approximate surface area is 436 Å². The van der Waals surface area contributed by atoms with Crippen molar-refractivity contribution < 1.29 is 24.1 Å². The summed E-state index contributed by atoms with van der Waals surface area (Å²) in [6, 6.07) is 32.9. The maximum Gasteiger partial charge on any atom is 0.119 e. The molecule has 0 aliphatic heterocycles. The molecule has 0 heterocycles. The fourth-order valence-electron chi connectivity index (χ4n) is 9.70. The standard InChI is InChI=1S/C15H25NO2.2C15H25NO.C15H23NO.C2H6/c1-6-15(17,12(2)11-16(3)4)13-8-7-9-14(10-13)18-5;3*1-6-15(12(2)11-16(3)4)13-8-7-9-14(10-13)17-5;1-2/h7-10,12,17H,6,11H2,1-5H3;2*7-10,12,15H,6,11H2,1-5H3;6-10,12H,11H2,1-5H3;1-2H3/t12-,15?;12-,15+;12-,15-;12-;/m0000./s1. The van der Waals surface area contributed by atoms with Gasteiger partial charge >= 0.3 is 0 Å². The zero-order valence-corrected chi connectivity index (χ0v) is 49.1. The summed E-state index contributed by atoms with van der Waals surface area (Å²) in [5, 5.41) is 10.9. The minimum absolute atomic E-state index is 0.157. The van der Waals surface area contributed by atoms with Crippen LogP contribution < -0.4 is 18.9 Å². The average molecular weight is 986 g/mol. The van der Waals surface area contributed by atoms with Crippen LogP contribution in [-0.4, -0.2) is 136 Å². The molecule has 71 heavy (non-hydrogen) atoms. The van der Waals surface area contributed by atoms with Crippen LogP contribution in [0.5, 0.6) is 23.0 Å². The molecule has 9 heteroatoms. The predicted octanol–water partition coefficient (Wildman–Crippen LogP) is 13.6. The molecule has 0 fully saturated rings. The first kappa shape index (κ1) is 66.6. The molecule has 4 aromatic rings. The van der Waals surface area contributed by atoms with Crippen LogP contribution >= 0.6 is 0 Å². The van der Waals surface area contributed by atoms with E-state index in [1.54, 1.807) is 28.4 Å². The van der Waals surface area contributed by atoms with Gasteiger partial charge in [0.1, 0.15) is 23.0 Å². The van der Waals surface area contributed by atoms with Crippen molar-refractivity contribution in [3.05, 3.63) is 125 Å². The van der Waals surface area contributed by atoms with Crippen LogP contribution in [0, 0.1) is 23.7 Å². The van der Waals surface area contributed by atoms with Crippen molar-refractivity contribution >= 4 is 5.57 Å². The van der Waals surface area contributed by atoms with Crippen molar-refractivity contribution in [2.45, 2.75) is 106 Å². The van der Waals surface area contributed by atoms with Crippen LogP contribution in [0.25, 0.3) is 5.57 Å². The van der Waals surface area contributed by atoms with Crippen molar-refractivity contribution in [3.63, 3.8) is 0 Å². The molecule has 9 nitrogen and oxygen atoms in total. The normalized spacial score (nSPS) is 14.6. The van der Waals surface area contributed by atoms with Crippen LogP contribution in [0.2, 0.25) is 0 Å². The molecule has 0 bridgehead atoms. The third-order valence-electron chi connectivity index (χ3n) is 13.1. The van der Waals surface area contributed by atoms with E-state index in [9.17, 15) is 5.11 Å². The smallest absolute Gasteiger partial charge is 0.119 e. The van der Waals surface area contributed by atoms with Gasteiger partial charge in [-0.05, 0) is 189 Å². The van der Waals surface area contributed by atoms with Gasteiger partial charge < -0.3 is 43.7 Å². The molecular formula is C62H104N4O5. The molecule has 1 unspecified atom stereocenters. The Morgan fingerprint density at radius 1 is 0.521 bits per heavy atom. The molecule has 4 aromatic carbocycles. The lowest BCUT2D eigenvalue weighted by Crippen LogP contribution is -2.38. The summed E-state index contributed by atoms with van der Waals surface area (Å²) in [5.41, 5.74) is 5.53. The summed E-state index contributed by atoms with van der Waals surface area (Å²) in [6.45, 7) is 25.8. The van der Waals surface area contributed by atoms with Crippen molar-refractivity contribution in [2.75, 3.05) is 111 Å². The SMILES string of the molecule is CC.CC=C(c1cccc(OC)c1)[C@@H](C)CN(C)C.CCC(O)(c1cccc(OC)c1)[C@@H](C)CN(C)C.CC[C@@H](c1cccc(OC)c1)[C@@H](C)CN(C)C.CC[C@H](c1cccc(OC)c1)[C@@H](C)CN(C)C. The molecule has 0 spiro atoms. The number of hydrogen-bond acceptors (Lipinski definition) is 9. The van der Waals surface area contributed by atoms with Crippen LogP contribution in [0.4, 0.5) is 0 Å². The van der Waals surface area contributed by atoms with Crippen LogP contribution in [0.1, 0.15) is 123 Å². The van der Waals surface area contributed by atoms with E-state index >= 15 is 0 Å². The molecule has 0 aliphatic rings. The van der Waals surface area contributed by atoms with Crippen LogP contribution in [0.15, 0.2) is 103 Å². The van der Waals surface area contributed by atoms with Gasteiger partial charge in [-0.15, -0.1) is 0 Å². The van der Waals surface area contributed by atoms with Crippen molar-refractivity contribution in [1.82, 2.24) is 19.6 Å². The summed E-state index contributed by atoms with van der Waals surface area (Å²) in [7, 11) is 23.6. The summed E-state index contributed by atoms with van der Waals surface area (Å²) in [5.74, 6) is 6.81. The Bertz CT molecular complexity index is 1930. The molecular weight excluding hydrogens is 881 g/mol. The van der Waals surface area contributed by atoms with Gasteiger partial charge in [-0.25, -0.2) is 0 Å². The lowest BCUT2D eigenvalue weighted by atomic mass is 9.80. The summed E-state index contributed by atoms with van der Waals surface area (Å²) < 4.78 is 21.1. The third kappa shape index (κ3) is 24.3. The van der Waals surface area contributed by atoms with Gasteiger partial charge in [-0.3, -0.25) is 0 Å². The first-order chi connectivity index (χ1) is 33.7. The number of allylic oxidation sites excluding steroid dienone is 1. The minimum atomic E-state index is -0.807. The number of nitrogens with zero attached hydrogens (tertiary/aromatic N) is 4. The third-order valence-corrected chi connectivity index (χ3v) is 13.1. The molecule has 0 aliphatic carbocycles. The minimum Gasteiger partial charge on any atom is -0.497 e. The first-order valence-corrected chi connectivity index (χ1v) is 26.2. The summed E-state index contributed by atoms with van der Waals surface area (Å²) in [4.78, 5) is 8.83. The van der Waals surface area contributed by atoms with Gasteiger partial charge in [-0.1, -0.05) is 117 Å². The second-order valence-electron chi connectivity index (χ2n) is 19.9. The zero-order valence-electron chi connectivity index (χ0n) is 49.1. The van der Waals surface area contributed by atoms with E-state index in [2.05, 4.69) is 165 Å². The van der Waals surface area contributed by atoms with Gasteiger partial charge in [-0.2, -0.15) is 0 Å². The van der Waals surface area contributed by atoms with Crippen molar-refractivity contribution in [1.29, 1.82) is 0 Å². The molecule has 0 saturated carbocycles. The molecule has 0 aromatic heterocycles. The highest BCUT2D eigenvalue weighted by atomic mass is 16.5. The predicted molar refractivity (Wildman–Crippen MR) is 308 cm³/mol. The number of hydrogen-bond donors (Lipinski definition) is 1. The molecule has 0 radical (unpaired) electrons. The topological polar surface area (TPSA) is 70.1 Å². The Hall–Kier alpha value is -4.38. The zero-order chi connectivity index (χ0) is 54.3. The highest BCUT2D eigenvalue weighted by Crippen LogP contribution is 2.36. The van der Waals surface area contributed by atoms with Crippen molar-refractivity contribution in [2.24, 2.45) is 23.7 Å². The van der Waals surface area contributed by atoms with Gasteiger partial charge in [0.25, 0.3) is 0 Å². The van der Waals surface area contributed by atoms with E-state index in [1.165, 1.54) is 35.1 Å². The first-order valence-electron chi connectivity index (χ1n) is 26.2. The highest BCUT2D eigenvalue weighted by molar-refractivity contribution is 5.68. The van der Waals surface area contributed by atoms with Gasteiger partial charge in [0, 0.05) is 32.1 Å². The number of benzene rings is 4.